The lowest BCUT2D eigenvalue weighted by Gasteiger charge is -2.22. The molecule has 0 unspecified atom stereocenters. The van der Waals surface area contributed by atoms with Crippen molar-refractivity contribution in [1.29, 1.82) is 0 Å². The summed E-state index contributed by atoms with van der Waals surface area (Å²) in [5.74, 6) is 0.294. The van der Waals surface area contributed by atoms with Gasteiger partial charge >= 0.3 is 5.97 Å². The summed E-state index contributed by atoms with van der Waals surface area (Å²) in [6.07, 6.45) is -0.340. The second kappa shape index (κ2) is 6.38. The number of benzene rings is 1. The molecule has 4 atom stereocenters. The van der Waals surface area contributed by atoms with E-state index in [4.69, 9.17) is 9.47 Å². The van der Waals surface area contributed by atoms with Gasteiger partial charge in [-0.15, -0.1) is 0 Å². The number of hydrogen-bond donors (Lipinski definition) is 1. The fraction of sp³-hybridized carbons (Fsp3) is 0.562. The minimum Gasteiger partial charge on any atom is -0.497 e. The van der Waals surface area contributed by atoms with Gasteiger partial charge in [0, 0.05) is 5.92 Å². The number of methoxy groups -OCH3 is 1. The molecule has 1 aliphatic rings. The first-order valence-electron chi connectivity index (χ1n) is 7.26. The Morgan fingerprint density at radius 2 is 1.82 bits per heavy atom. The fourth-order valence-electron chi connectivity index (χ4n) is 2.31. The lowest BCUT2D eigenvalue weighted by Crippen LogP contribution is -2.44. The monoisotopic (exact) mass is 325 g/mol. The van der Waals surface area contributed by atoms with Crippen LogP contribution in [0.25, 0.3) is 0 Å². The first kappa shape index (κ1) is 17.0. The molecule has 22 heavy (non-hydrogen) atoms. The number of carbonyl (C=O) groups is 1. The van der Waals surface area contributed by atoms with E-state index in [-0.39, 0.29) is 18.0 Å². The number of esters is 1. The largest absolute Gasteiger partial charge is 0.497 e. The van der Waals surface area contributed by atoms with Gasteiger partial charge < -0.3 is 9.47 Å². The highest BCUT2D eigenvalue weighted by Crippen LogP contribution is 2.36. The highest BCUT2D eigenvalue weighted by Gasteiger charge is 2.44. The molecule has 5 nitrogen and oxygen atoms in total. The van der Waals surface area contributed by atoms with Gasteiger partial charge in [-0.2, -0.15) is 0 Å². The van der Waals surface area contributed by atoms with Crippen molar-refractivity contribution in [1.82, 2.24) is 4.72 Å². The maximum Gasteiger partial charge on any atom is 0.325 e. The summed E-state index contributed by atoms with van der Waals surface area (Å²) in [4.78, 5) is 12.1. The van der Waals surface area contributed by atoms with Crippen LogP contribution in [0.4, 0.5) is 0 Å². The average molecular weight is 325 g/mol. The zero-order chi connectivity index (χ0) is 16.5. The molecule has 0 radical (unpaired) electrons. The molecule has 2 rings (SSSR count). The number of ether oxygens (including phenoxy) is 2. The standard InChI is InChI=1S/C16H23NO4S/c1-10-13(17-22(19)16(2,3)4)15(18)21-14(10)11-6-8-12(20-5)9-7-11/h6-10,13-14,17H,1-5H3/t10-,13-,14+,22+/m1/s1. The third kappa shape index (κ3) is 3.50. The summed E-state index contributed by atoms with van der Waals surface area (Å²) in [5.41, 5.74) is 0.910. The first-order valence-corrected chi connectivity index (χ1v) is 8.41. The molecule has 1 aromatic carbocycles. The molecular weight excluding hydrogens is 302 g/mol. The van der Waals surface area contributed by atoms with Crippen molar-refractivity contribution in [2.75, 3.05) is 7.11 Å². The lowest BCUT2D eigenvalue weighted by atomic mass is 9.94. The minimum absolute atomic E-state index is 0.104. The van der Waals surface area contributed by atoms with Gasteiger partial charge in [-0.25, -0.2) is 8.93 Å². The van der Waals surface area contributed by atoms with Crippen molar-refractivity contribution in [3.63, 3.8) is 0 Å². The van der Waals surface area contributed by atoms with Crippen LogP contribution in [0.15, 0.2) is 24.3 Å². The fourth-order valence-corrected chi connectivity index (χ4v) is 3.20. The maximum absolute atomic E-state index is 12.2. The van der Waals surface area contributed by atoms with Crippen LogP contribution in [0, 0.1) is 5.92 Å². The molecular formula is C16H23NO4S. The molecule has 6 heteroatoms. The molecule has 1 aliphatic heterocycles. The smallest absolute Gasteiger partial charge is 0.325 e. The van der Waals surface area contributed by atoms with Crippen LogP contribution >= 0.6 is 0 Å². The summed E-state index contributed by atoms with van der Waals surface area (Å²) < 4.78 is 25.3. The van der Waals surface area contributed by atoms with Gasteiger partial charge in [-0.1, -0.05) is 19.1 Å². The molecule has 0 saturated carbocycles. The molecule has 1 aromatic rings. The second-order valence-corrected chi connectivity index (χ2v) is 8.46. The maximum atomic E-state index is 12.2. The quantitative estimate of drug-likeness (QED) is 0.863. The molecule has 1 saturated heterocycles. The predicted octanol–water partition coefficient (Wildman–Crippen LogP) is 2.35. The van der Waals surface area contributed by atoms with Crippen molar-refractivity contribution in [2.45, 2.75) is 44.6 Å². The molecule has 1 fully saturated rings. The first-order chi connectivity index (χ1) is 10.2. The number of nitrogens with one attached hydrogen (secondary N) is 1. The number of cyclic esters (lactones) is 1. The van der Waals surface area contributed by atoms with E-state index in [2.05, 4.69) is 4.72 Å². The average Bonchev–Trinajstić information content (AvgIpc) is 2.74. The van der Waals surface area contributed by atoms with Crippen LogP contribution < -0.4 is 9.46 Å². The summed E-state index contributed by atoms with van der Waals surface area (Å²) in [7, 11) is 0.290. The van der Waals surface area contributed by atoms with Crippen LogP contribution in [0.5, 0.6) is 5.75 Å². The lowest BCUT2D eigenvalue weighted by molar-refractivity contribution is -0.142. The van der Waals surface area contributed by atoms with E-state index in [0.29, 0.717) is 0 Å². The van der Waals surface area contributed by atoms with Gasteiger partial charge in [0.15, 0.2) is 0 Å². The Bertz CT molecular complexity index is 565. The van der Waals surface area contributed by atoms with Crippen LogP contribution in [0.1, 0.15) is 39.4 Å². The SMILES string of the molecule is COc1ccc([C@H]2OC(=O)[C@H](N[S@@](=O)C(C)(C)C)[C@H]2C)cc1. The van der Waals surface area contributed by atoms with E-state index < -0.39 is 21.8 Å². The van der Waals surface area contributed by atoms with Crippen molar-refractivity contribution in [3.05, 3.63) is 29.8 Å². The Morgan fingerprint density at radius 1 is 1.23 bits per heavy atom. The van der Waals surface area contributed by atoms with Crippen molar-refractivity contribution in [3.8, 4) is 5.75 Å². The van der Waals surface area contributed by atoms with Crippen molar-refractivity contribution < 1.29 is 18.5 Å². The normalized spacial score (nSPS) is 26.6. The molecule has 1 heterocycles. The second-order valence-electron chi connectivity index (χ2n) is 6.47. The molecule has 0 aliphatic carbocycles. The molecule has 0 spiro atoms. The van der Waals surface area contributed by atoms with E-state index >= 15 is 0 Å². The van der Waals surface area contributed by atoms with Gasteiger partial charge in [-0.3, -0.25) is 4.79 Å². The van der Waals surface area contributed by atoms with Crippen LogP contribution in [-0.4, -0.2) is 28.1 Å². The minimum atomic E-state index is -1.32. The van der Waals surface area contributed by atoms with Crippen LogP contribution in [0.2, 0.25) is 0 Å². The number of carbonyl (C=O) groups excluding carboxylic acids is 1. The third-order valence-corrected chi connectivity index (χ3v) is 5.32. The van der Waals surface area contributed by atoms with E-state index in [1.807, 2.05) is 52.0 Å². The Hall–Kier alpha value is -1.40. The van der Waals surface area contributed by atoms with Gasteiger partial charge in [0.25, 0.3) is 0 Å². The highest BCUT2D eigenvalue weighted by atomic mass is 32.2. The van der Waals surface area contributed by atoms with Gasteiger partial charge in [0.05, 0.1) is 22.8 Å². The Kier molecular flexibility index (Phi) is 4.92. The van der Waals surface area contributed by atoms with Gasteiger partial charge in [0.1, 0.15) is 17.9 Å². The molecule has 1 N–H and O–H groups in total. The van der Waals surface area contributed by atoms with Crippen molar-refractivity contribution >= 4 is 17.0 Å². The summed E-state index contributed by atoms with van der Waals surface area (Å²) >= 11 is 0. The predicted molar refractivity (Wildman–Crippen MR) is 85.8 cm³/mol. The van der Waals surface area contributed by atoms with E-state index in [1.54, 1.807) is 7.11 Å². The van der Waals surface area contributed by atoms with E-state index in [0.717, 1.165) is 11.3 Å². The molecule has 0 aromatic heterocycles. The molecule has 0 bridgehead atoms. The van der Waals surface area contributed by atoms with Crippen LogP contribution in [0.3, 0.4) is 0 Å². The third-order valence-electron chi connectivity index (χ3n) is 3.73. The highest BCUT2D eigenvalue weighted by molar-refractivity contribution is 7.84. The summed E-state index contributed by atoms with van der Waals surface area (Å²) in [5, 5.41) is 0. The zero-order valence-electron chi connectivity index (χ0n) is 13.6. The van der Waals surface area contributed by atoms with Gasteiger partial charge in [-0.05, 0) is 38.5 Å². The molecule has 0 amide bonds. The Morgan fingerprint density at radius 3 is 2.32 bits per heavy atom. The number of hydrogen-bond acceptors (Lipinski definition) is 4. The van der Waals surface area contributed by atoms with Crippen molar-refractivity contribution in [2.24, 2.45) is 5.92 Å². The Labute approximate surface area is 134 Å². The Balaban J connectivity index is 2.14. The molecule has 122 valence electrons. The summed E-state index contributed by atoms with van der Waals surface area (Å²) in [6, 6.07) is 6.88. The zero-order valence-corrected chi connectivity index (χ0v) is 14.4. The number of rotatable bonds is 4. The van der Waals surface area contributed by atoms with Crippen LogP contribution in [-0.2, 0) is 20.5 Å². The van der Waals surface area contributed by atoms with Gasteiger partial charge in [0.2, 0.25) is 0 Å². The topological polar surface area (TPSA) is 64.6 Å². The van der Waals surface area contributed by atoms with E-state index in [1.165, 1.54) is 0 Å². The van der Waals surface area contributed by atoms with E-state index in [9.17, 15) is 9.00 Å². The summed E-state index contributed by atoms with van der Waals surface area (Å²) in [6.45, 7) is 7.52.